The van der Waals surface area contributed by atoms with Gasteiger partial charge in [0.1, 0.15) is 5.84 Å². The van der Waals surface area contributed by atoms with E-state index in [1.165, 1.54) is 0 Å². The van der Waals surface area contributed by atoms with Gasteiger partial charge >= 0.3 is 0 Å². The number of fused-ring (bicyclic) bond motifs is 2. The second-order valence-electron chi connectivity index (χ2n) is 6.48. The van der Waals surface area contributed by atoms with E-state index in [0.717, 1.165) is 16.8 Å². The molecule has 0 saturated carbocycles. The molecular weight excluding hydrogens is 324 g/mol. The summed E-state index contributed by atoms with van der Waals surface area (Å²) < 4.78 is 0. The Morgan fingerprint density at radius 1 is 1.21 bits per heavy atom. The Bertz CT molecular complexity index is 906. The molecule has 122 valence electrons. The van der Waals surface area contributed by atoms with Crippen molar-refractivity contribution in [2.75, 3.05) is 11.4 Å². The van der Waals surface area contributed by atoms with Crippen LogP contribution in [0.25, 0.3) is 0 Å². The monoisotopic (exact) mass is 340 g/mol. The molecule has 1 saturated heterocycles. The summed E-state index contributed by atoms with van der Waals surface area (Å²) in [5.41, 5.74) is 2.34. The number of benzene rings is 2. The van der Waals surface area contributed by atoms with Crippen molar-refractivity contribution in [3.63, 3.8) is 0 Å². The first-order valence-corrected chi connectivity index (χ1v) is 8.28. The van der Waals surface area contributed by atoms with Crippen molar-refractivity contribution in [3.8, 4) is 0 Å². The molecule has 4 rings (SSSR count). The molecule has 0 spiro atoms. The molecule has 2 aromatic rings. The Hall–Kier alpha value is -2.17. The maximum atomic E-state index is 12.9. The largest absolute Gasteiger partial charge is 0.374 e. The summed E-state index contributed by atoms with van der Waals surface area (Å²) >= 11 is 6.23. The Morgan fingerprint density at radius 3 is 2.75 bits per heavy atom. The zero-order valence-electron chi connectivity index (χ0n) is 13.5. The van der Waals surface area contributed by atoms with Crippen LogP contribution in [0.1, 0.15) is 27.9 Å². The van der Waals surface area contributed by atoms with Crippen molar-refractivity contribution in [1.29, 1.82) is 0 Å². The van der Waals surface area contributed by atoms with Gasteiger partial charge in [-0.1, -0.05) is 29.3 Å². The normalized spacial score (nSPS) is 22.2. The van der Waals surface area contributed by atoms with E-state index in [1.807, 2.05) is 49.1 Å². The quantitative estimate of drug-likeness (QED) is 0.858. The lowest BCUT2D eigenvalue weighted by Crippen LogP contribution is -2.48. The minimum atomic E-state index is -1.56. The molecule has 4 nitrogen and oxygen atoms in total. The van der Waals surface area contributed by atoms with Crippen molar-refractivity contribution in [3.05, 3.63) is 58.1 Å². The molecule has 2 heterocycles. The van der Waals surface area contributed by atoms with Gasteiger partial charge in [-0.2, -0.15) is 0 Å². The number of anilines is 1. The zero-order chi connectivity index (χ0) is 17.1. The summed E-state index contributed by atoms with van der Waals surface area (Å²) in [6.07, 6.45) is 0.323. The molecule has 0 radical (unpaired) electrons. The van der Waals surface area contributed by atoms with Gasteiger partial charge in [-0.05, 0) is 43.7 Å². The Labute approximate surface area is 145 Å². The molecule has 2 aliphatic heterocycles. The fourth-order valence-corrected chi connectivity index (χ4v) is 3.52. The van der Waals surface area contributed by atoms with Crippen LogP contribution in [-0.2, 0) is 0 Å². The van der Waals surface area contributed by atoms with Crippen molar-refractivity contribution in [2.24, 2.45) is 4.99 Å². The maximum absolute atomic E-state index is 12.9. The van der Waals surface area contributed by atoms with Crippen LogP contribution in [0.5, 0.6) is 0 Å². The maximum Gasteiger partial charge on any atom is 0.204 e. The molecule has 5 heteroatoms. The third-order valence-electron chi connectivity index (χ3n) is 4.79. The predicted molar refractivity (Wildman–Crippen MR) is 95.7 cm³/mol. The average Bonchev–Trinajstić information content (AvgIpc) is 2.89. The van der Waals surface area contributed by atoms with Crippen LogP contribution in [0.4, 0.5) is 11.4 Å². The molecule has 1 fully saturated rings. The highest BCUT2D eigenvalue weighted by atomic mass is 35.5. The van der Waals surface area contributed by atoms with Crippen molar-refractivity contribution < 1.29 is 9.90 Å². The number of halogens is 1. The number of carbonyl (C=O) groups excluding carboxylic acids is 1. The molecular formula is C19H17ClN2O2. The highest BCUT2D eigenvalue weighted by molar-refractivity contribution is 6.32. The molecule has 0 aromatic heterocycles. The van der Waals surface area contributed by atoms with E-state index in [1.54, 1.807) is 6.07 Å². The summed E-state index contributed by atoms with van der Waals surface area (Å²) in [4.78, 5) is 19.4. The first-order chi connectivity index (χ1) is 11.4. The fourth-order valence-electron chi connectivity index (χ4n) is 3.35. The van der Waals surface area contributed by atoms with Gasteiger partial charge in [-0.3, -0.25) is 4.79 Å². The number of Topliss-reactive ketones (excluding diaryl/α,β-unsaturated/α-hetero) is 1. The smallest absolute Gasteiger partial charge is 0.204 e. The van der Waals surface area contributed by atoms with Crippen LogP contribution in [0.15, 0.2) is 41.4 Å². The van der Waals surface area contributed by atoms with E-state index < -0.39 is 5.60 Å². The minimum Gasteiger partial charge on any atom is -0.374 e. The minimum absolute atomic E-state index is 0.271. The Kier molecular flexibility index (Phi) is 3.31. The van der Waals surface area contributed by atoms with E-state index in [2.05, 4.69) is 4.99 Å². The first kappa shape index (κ1) is 15.4. The zero-order valence-corrected chi connectivity index (χ0v) is 14.3. The molecule has 2 aromatic carbocycles. The molecule has 0 amide bonds. The topological polar surface area (TPSA) is 52.9 Å². The van der Waals surface area contributed by atoms with Crippen LogP contribution < -0.4 is 4.90 Å². The number of amidine groups is 1. The summed E-state index contributed by atoms with van der Waals surface area (Å²) in [5, 5.41) is 11.7. The van der Waals surface area contributed by atoms with E-state index in [9.17, 15) is 9.90 Å². The fraction of sp³-hybridized carbons (Fsp3) is 0.263. The van der Waals surface area contributed by atoms with Gasteiger partial charge in [0, 0.05) is 29.2 Å². The number of aryl methyl sites for hydroxylation is 2. The van der Waals surface area contributed by atoms with Crippen molar-refractivity contribution in [1.82, 2.24) is 0 Å². The molecule has 1 atom stereocenters. The average molecular weight is 341 g/mol. The third kappa shape index (κ3) is 2.10. The standard InChI is InChI=1S/C19H17ClN2O2/c1-11-3-6-16-14(9-11)17(23)19(24)7-8-22(18(19)21-16)13-5-4-12(2)15(20)10-13/h3-6,9-10,24H,7-8H2,1-2H3. The summed E-state index contributed by atoms with van der Waals surface area (Å²) in [6.45, 7) is 4.38. The lowest BCUT2D eigenvalue weighted by atomic mass is 9.87. The highest BCUT2D eigenvalue weighted by Crippen LogP contribution is 2.40. The van der Waals surface area contributed by atoms with Crippen LogP contribution in [0, 0.1) is 13.8 Å². The summed E-state index contributed by atoms with van der Waals surface area (Å²) in [5.74, 6) is 0.121. The molecule has 24 heavy (non-hydrogen) atoms. The van der Waals surface area contributed by atoms with Crippen LogP contribution in [0.3, 0.4) is 0 Å². The van der Waals surface area contributed by atoms with Crippen LogP contribution in [-0.4, -0.2) is 28.9 Å². The van der Waals surface area contributed by atoms with Gasteiger partial charge < -0.3 is 10.0 Å². The van der Waals surface area contributed by atoms with Gasteiger partial charge in [0.15, 0.2) is 5.60 Å². The SMILES string of the molecule is Cc1ccc2c(c1)C(=O)C1(O)CCN(c3ccc(C)c(Cl)c3)C1=N2. The number of rotatable bonds is 1. The first-order valence-electron chi connectivity index (χ1n) is 7.91. The van der Waals surface area contributed by atoms with E-state index in [4.69, 9.17) is 11.6 Å². The number of aliphatic hydroxyl groups is 1. The van der Waals surface area contributed by atoms with Crippen molar-refractivity contribution in [2.45, 2.75) is 25.9 Å². The Morgan fingerprint density at radius 2 is 2.00 bits per heavy atom. The number of nitrogens with zero attached hydrogens (tertiary/aromatic N) is 2. The summed E-state index contributed by atoms with van der Waals surface area (Å²) in [7, 11) is 0. The van der Waals surface area contributed by atoms with Crippen LogP contribution in [0.2, 0.25) is 5.02 Å². The lowest BCUT2D eigenvalue weighted by molar-refractivity contribution is 0.0602. The molecule has 0 aliphatic carbocycles. The number of hydrogen-bond acceptors (Lipinski definition) is 4. The second kappa shape index (κ2) is 5.16. The molecule has 2 aliphatic rings. The van der Waals surface area contributed by atoms with Crippen molar-refractivity contribution >= 4 is 34.6 Å². The van der Waals surface area contributed by atoms with E-state index >= 15 is 0 Å². The van der Waals surface area contributed by atoms with Gasteiger partial charge in [-0.25, -0.2) is 4.99 Å². The van der Waals surface area contributed by atoms with Gasteiger partial charge in [-0.15, -0.1) is 0 Å². The second-order valence-corrected chi connectivity index (χ2v) is 6.89. The van der Waals surface area contributed by atoms with Gasteiger partial charge in [0.2, 0.25) is 5.78 Å². The number of aliphatic imine (C=N–C) groups is 1. The molecule has 1 unspecified atom stereocenters. The molecule has 1 N–H and O–H groups in total. The van der Waals surface area contributed by atoms with Gasteiger partial charge in [0.05, 0.1) is 5.69 Å². The van der Waals surface area contributed by atoms with Gasteiger partial charge in [0.25, 0.3) is 0 Å². The Balaban J connectivity index is 1.86. The number of carbonyl (C=O) groups is 1. The third-order valence-corrected chi connectivity index (χ3v) is 5.20. The highest BCUT2D eigenvalue weighted by Gasteiger charge is 2.52. The number of hydrogen-bond donors (Lipinski definition) is 1. The van der Waals surface area contributed by atoms with E-state index in [-0.39, 0.29) is 5.78 Å². The molecule has 0 bridgehead atoms. The number of ketones is 1. The van der Waals surface area contributed by atoms with E-state index in [0.29, 0.717) is 35.1 Å². The van der Waals surface area contributed by atoms with Crippen LogP contribution >= 0.6 is 11.6 Å². The lowest BCUT2D eigenvalue weighted by Gasteiger charge is -2.30. The summed E-state index contributed by atoms with van der Waals surface area (Å²) in [6, 6.07) is 11.3. The predicted octanol–water partition coefficient (Wildman–Crippen LogP) is 3.82.